The van der Waals surface area contributed by atoms with Gasteiger partial charge in [0.2, 0.25) is 0 Å². The van der Waals surface area contributed by atoms with Crippen LogP contribution in [-0.2, 0) is 18.4 Å². The van der Waals surface area contributed by atoms with Gasteiger partial charge in [-0.15, -0.1) is 0 Å². The van der Waals surface area contributed by atoms with Crippen LogP contribution < -0.4 is 0 Å². The smallest absolute Gasteiger partial charge is 0.186 e. The van der Waals surface area contributed by atoms with Gasteiger partial charge in [-0.1, -0.05) is 20.8 Å². The van der Waals surface area contributed by atoms with E-state index in [4.69, 9.17) is 8.85 Å². The minimum Gasteiger partial charge on any atom is -0.420 e. The molecule has 5 nitrogen and oxygen atoms in total. The fourth-order valence-electron chi connectivity index (χ4n) is 3.86. The third kappa shape index (κ3) is 13.1. The molecule has 2 unspecified atom stereocenters. The Bertz CT molecular complexity index is 482. The van der Waals surface area contributed by atoms with Gasteiger partial charge in [0.05, 0.1) is 0 Å². The largest absolute Gasteiger partial charge is 0.420 e. The molecule has 0 aliphatic rings. The standard InChI is InChI=1S/C24H51NO4Si2/c1-10-21(23(26)15-13-17-30(6,7)28-4)19-25(12-3)20-22(11-2)24(27)16-14-18-31(8,9)29-5/h21-22H,10-20H2,1-9H3. The number of rotatable bonds is 19. The van der Waals surface area contributed by atoms with Gasteiger partial charge in [-0.25, -0.2) is 0 Å². The molecule has 0 fully saturated rings. The molecule has 0 aromatic rings. The molecular formula is C24H51NO4Si2. The molecule has 0 aromatic heterocycles. The van der Waals surface area contributed by atoms with E-state index in [-0.39, 0.29) is 11.8 Å². The van der Waals surface area contributed by atoms with Crippen molar-refractivity contribution in [1.29, 1.82) is 0 Å². The van der Waals surface area contributed by atoms with Crippen molar-refractivity contribution in [3.63, 3.8) is 0 Å². The lowest BCUT2D eigenvalue weighted by Crippen LogP contribution is -2.38. The Balaban J connectivity index is 4.70. The Morgan fingerprint density at radius 2 is 1.10 bits per heavy atom. The molecule has 0 rings (SSSR count). The normalized spacial score (nSPS) is 14.6. The second-order valence-electron chi connectivity index (χ2n) is 10.1. The molecule has 2 atom stereocenters. The van der Waals surface area contributed by atoms with Crippen LogP contribution in [0, 0.1) is 11.8 Å². The van der Waals surface area contributed by atoms with Crippen molar-refractivity contribution in [1.82, 2.24) is 4.90 Å². The Hall–Kier alpha value is -0.346. The number of Topliss-reactive ketones (excluding diaryl/α,β-unsaturated/α-hetero) is 2. The van der Waals surface area contributed by atoms with Gasteiger partial charge in [-0.05, 0) is 70.5 Å². The first-order valence-corrected chi connectivity index (χ1v) is 18.6. The van der Waals surface area contributed by atoms with E-state index in [0.717, 1.165) is 57.4 Å². The summed E-state index contributed by atoms with van der Waals surface area (Å²) < 4.78 is 11.2. The first-order valence-electron chi connectivity index (χ1n) is 12.3. The predicted molar refractivity (Wildman–Crippen MR) is 137 cm³/mol. The van der Waals surface area contributed by atoms with Crippen LogP contribution in [-0.4, -0.2) is 67.0 Å². The number of nitrogens with zero attached hydrogens (tertiary/aromatic N) is 1. The predicted octanol–water partition coefficient (Wildman–Crippen LogP) is 5.76. The summed E-state index contributed by atoms with van der Waals surface area (Å²) in [6.07, 6.45) is 4.86. The van der Waals surface area contributed by atoms with Gasteiger partial charge in [0.15, 0.2) is 16.6 Å². The number of carbonyl (C=O) groups excluding carboxylic acids is 2. The maximum atomic E-state index is 12.8. The lowest BCUT2D eigenvalue weighted by molar-refractivity contribution is -0.124. The van der Waals surface area contributed by atoms with Crippen LogP contribution in [0.2, 0.25) is 38.3 Å². The van der Waals surface area contributed by atoms with Crippen LogP contribution in [0.3, 0.4) is 0 Å². The summed E-state index contributed by atoms with van der Waals surface area (Å²) in [6.45, 7) is 17.6. The maximum absolute atomic E-state index is 12.8. The number of hydrogen-bond acceptors (Lipinski definition) is 5. The van der Waals surface area contributed by atoms with Gasteiger partial charge in [0.1, 0.15) is 11.6 Å². The molecule has 184 valence electrons. The Morgan fingerprint density at radius 3 is 1.35 bits per heavy atom. The van der Waals surface area contributed by atoms with Crippen molar-refractivity contribution in [3.8, 4) is 0 Å². The highest BCUT2D eigenvalue weighted by molar-refractivity contribution is 6.71. The molecule has 0 bridgehead atoms. The minimum absolute atomic E-state index is 0.0633. The number of hydrogen-bond donors (Lipinski definition) is 0. The molecule has 0 aliphatic heterocycles. The Morgan fingerprint density at radius 1 is 0.742 bits per heavy atom. The average molecular weight is 474 g/mol. The van der Waals surface area contributed by atoms with Gasteiger partial charge in [-0.2, -0.15) is 0 Å². The van der Waals surface area contributed by atoms with E-state index < -0.39 is 16.6 Å². The van der Waals surface area contributed by atoms with E-state index in [0.29, 0.717) is 24.4 Å². The van der Waals surface area contributed by atoms with Gasteiger partial charge in [0, 0.05) is 52.0 Å². The zero-order valence-electron chi connectivity index (χ0n) is 22.0. The van der Waals surface area contributed by atoms with Crippen LogP contribution in [0.5, 0.6) is 0 Å². The highest BCUT2D eigenvalue weighted by atomic mass is 28.4. The van der Waals surface area contributed by atoms with Crippen LogP contribution in [0.15, 0.2) is 0 Å². The van der Waals surface area contributed by atoms with Crippen molar-refractivity contribution in [2.45, 2.75) is 97.6 Å². The van der Waals surface area contributed by atoms with E-state index in [1.807, 2.05) is 0 Å². The summed E-state index contributed by atoms with van der Waals surface area (Å²) >= 11 is 0. The maximum Gasteiger partial charge on any atom is 0.186 e. The van der Waals surface area contributed by atoms with E-state index in [1.165, 1.54) is 0 Å². The molecule has 0 saturated heterocycles. The van der Waals surface area contributed by atoms with Crippen molar-refractivity contribution in [3.05, 3.63) is 0 Å². The summed E-state index contributed by atoms with van der Waals surface area (Å²) in [7, 11) is 0.374. The first kappa shape index (κ1) is 30.7. The summed E-state index contributed by atoms with van der Waals surface area (Å²) in [5.41, 5.74) is 0. The number of ketones is 2. The quantitative estimate of drug-likeness (QED) is 0.223. The van der Waals surface area contributed by atoms with Crippen LogP contribution >= 0.6 is 0 Å². The van der Waals surface area contributed by atoms with Crippen LogP contribution in [0.25, 0.3) is 0 Å². The van der Waals surface area contributed by atoms with Gasteiger partial charge in [-0.3, -0.25) is 9.59 Å². The van der Waals surface area contributed by atoms with Gasteiger partial charge >= 0.3 is 0 Å². The van der Waals surface area contributed by atoms with Crippen molar-refractivity contribution in [2.75, 3.05) is 33.9 Å². The SMILES string of the molecule is CCC(CN(CC)CC(CC)C(=O)CCC[Si](C)(C)OC)C(=O)CCC[Si](C)(C)OC. The average Bonchev–Trinajstić information content (AvgIpc) is 2.73. The highest BCUT2D eigenvalue weighted by Gasteiger charge is 2.26. The molecule has 0 N–H and O–H groups in total. The molecule has 0 amide bonds. The van der Waals surface area contributed by atoms with E-state index in [9.17, 15) is 9.59 Å². The van der Waals surface area contributed by atoms with E-state index >= 15 is 0 Å². The van der Waals surface area contributed by atoms with Gasteiger partial charge < -0.3 is 13.8 Å². The lowest BCUT2D eigenvalue weighted by Gasteiger charge is -2.29. The first-order chi connectivity index (χ1) is 14.4. The topological polar surface area (TPSA) is 55.8 Å². The fraction of sp³-hybridized carbons (Fsp3) is 0.917. The zero-order valence-corrected chi connectivity index (χ0v) is 24.0. The minimum atomic E-state index is -1.60. The lowest BCUT2D eigenvalue weighted by atomic mass is 9.94. The third-order valence-electron chi connectivity index (χ3n) is 6.81. The van der Waals surface area contributed by atoms with E-state index in [1.54, 1.807) is 14.2 Å². The fourth-order valence-corrected chi connectivity index (χ4v) is 6.33. The summed E-state index contributed by atoms with van der Waals surface area (Å²) in [6, 6.07) is 2.05. The molecular weight excluding hydrogens is 422 g/mol. The molecule has 0 aromatic carbocycles. The zero-order chi connectivity index (χ0) is 24.1. The molecule has 0 aliphatic carbocycles. The molecule has 7 heteroatoms. The van der Waals surface area contributed by atoms with Gasteiger partial charge in [0.25, 0.3) is 0 Å². The molecule has 0 radical (unpaired) electrons. The Kier molecular flexibility index (Phi) is 15.3. The summed E-state index contributed by atoms with van der Waals surface area (Å²) in [5.74, 6) is 0.864. The van der Waals surface area contributed by atoms with Crippen LogP contribution in [0.1, 0.15) is 59.3 Å². The summed E-state index contributed by atoms with van der Waals surface area (Å²) in [4.78, 5) is 28.0. The summed E-state index contributed by atoms with van der Waals surface area (Å²) in [5, 5.41) is 0. The van der Waals surface area contributed by atoms with Crippen LogP contribution in [0.4, 0.5) is 0 Å². The molecule has 0 spiro atoms. The molecule has 0 heterocycles. The monoisotopic (exact) mass is 473 g/mol. The Labute approximate surface area is 194 Å². The molecule has 31 heavy (non-hydrogen) atoms. The third-order valence-corrected chi connectivity index (χ3v) is 12.1. The van der Waals surface area contributed by atoms with E-state index in [2.05, 4.69) is 51.9 Å². The van der Waals surface area contributed by atoms with Crippen molar-refractivity contribution in [2.24, 2.45) is 11.8 Å². The van der Waals surface area contributed by atoms with Crippen molar-refractivity contribution >= 4 is 28.2 Å². The second-order valence-corrected chi connectivity index (χ2v) is 19.0. The van der Waals surface area contributed by atoms with Crippen molar-refractivity contribution < 1.29 is 18.4 Å². The molecule has 0 saturated carbocycles. The number of carbonyl (C=O) groups is 2. The highest BCUT2D eigenvalue weighted by Crippen LogP contribution is 2.20. The second kappa shape index (κ2) is 15.5.